The van der Waals surface area contributed by atoms with Crippen molar-refractivity contribution in [1.29, 1.82) is 0 Å². The zero-order chi connectivity index (χ0) is 16.0. The molecule has 0 radical (unpaired) electrons. The SMILES string of the molecule is CC(C)C(CNC(=O)C(C)C(N)c1ccccc1)N(C)C. The number of carbonyl (C=O) groups excluding carboxylic acids is 1. The van der Waals surface area contributed by atoms with E-state index in [9.17, 15) is 4.79 Å². The van der Waals surface area contributed by atoms with E-state index in [1.807, 2.05) is 51.4 Å². The van der Waals surface area contributed by atoms with Crippen molar-refractivity contribution in [2.24, 2.45) is 17.6 Å². The van der Waals surface area contributed by atoms with Crippen LogP contribution < -0.4 is 11.1 Å². The molecule has 21 heavy (non-hydrogen) atoms. The van der Waals surface area contributed by atoms with E-state index in [-0.39, 0.29) is 17.9 Å². The molecular formula is C17H29N3O. The maximum atomic E-state index is 12.3. The second kappa shape index (κ2) is 8.15. The third-order valence-electron chi connectivity index (χ3n) is 4.05. The first-order valence-electron chi connectivity index (χ1n) is 7.59. The van der Waals surface area contributed by atoms with Crippen LogP contribution in [-0.4, -0.2) is 37.5 Å². The molecule has 0 saturated carbocycles. The summed E-state index contributed by atoms with van der Waals surface area (Å²) >= 11 is 0. The molecule has 3 N–H and O–H groups in total. The minimum atomic E-state index is -0.275. The van der Waals surface area contributed by atoms with Crippen molar-refractivity contribution >= 4 is 5.91 Å². The van der Waals surface area contributed by atoms with E-state index in [1.54, 1.807) is 0 Å². The molecule has 0 aliphatic rings. The van der Waals surface area contributed by atoms with Crippen molar-refractivity contribution < 1.29 is 4.79 Å². The molecule has 0 aliphatic carbocycles. The van der Waals surface area contributed by atoms with Crippen molar-refractivity contribution in [3.63, 3.8) is 0 Å². The molecule has 4 nitrogen and oxygen atoms in total. The maximum absolute atomic E-state index is 12.3. The van der Waals surface area contributed by atoms with Crippen LogP contribution in [0.2, 0.25) is 0 Å². The molecule has 0 bridgehead atoms. The molecule has 0 aromatic heterocycles. The minimum Gasteiger partial charge on any atom is -0.354 e. The highest BCUT2D eigenvalue weighted by atomic mass is 16.1. The van der Waals surface area contributed by atoms with Crippen molar-refractivity contribution in [2.45, 2.75) is 32.9 Å². The lowest BCUT2D eigenvalue weighted by molar-refractivity contribution is -0.125. The molecule has 1 amide bonds. The van der Waals surface area contributed by atoms with Gasteiger partial charge in [0, 0.05) is 18.6 Å². The molecule has 1 aromatic carbocycles. The van der Waals surface area contributed by atoms with Crippen LogP contribution in [0.25, 0.3) is 0 Å². The predicted molar refractivity (Wildman–Crippen MR) is 87.9 cm³/mol. The van der Waals surface area contributed by atoms with Crippen molar-refractivity contribution in [3.8, 4) is 0 Å². The van der Waals surface area contributed by atoms with Crippen LogP contribution in [0.1, 0.15) is 32.4 Å². The Morgan fingerprint density at radius 2 is 1.76 bits per heavy atom. The molecule has 0 fully saturated rings. The van der Waals surface area contributed by atoms with E-state index in [4.69, 9.17) is 5.73 Å². The predicted octanol–water partition coefficient (Wildman–Crippen LogP) is 2.02. The molecule has 3 unspecified atom stereocenters. The maximum Gasteiger partial charge on any atom is 0.224 e. The number of carbonyl (C=O) groups is 1. The van der Waals surface area contributed by atoms with Crippen LogP contribution >= 0.6 is 0 Å². The van der Waals surface area contributed by atoms with Gasteiger partial charge in [0.05, 0.1) is 5.92 Å². The van der Waals surface area contributed by atoms with Crippen LogP contribution in [0.15, 0.2) is 30.3 Å². The summed E-state index contributed by atoms with van der Waals surface area (Å²) in [5.41, 5.74) is 7.19. The average molecular weight is 291 g/mol. The van der Waals surface area contributed by atoms with Crippen LogP contribution in [0.3, 0.4) is 0 Å². The molecule has 0 heterocycles. The summed E-state index contributed by atoms with van der Waals surface area (Å²) in [5.74, 6) is 0.250. The molecular weight excluding hydrogens is 262 g/mol. The van der Waals surface area contributed by atoms with Crippen molar-refractivity contribution in [1.82, 2.24) is 10.2 Å². The van der Waals surface area contributed by atoms with E-state index in [0.717, 1.165) is 5.56 Å². The van der Waals surface area contributed by atoms with E-state index in [0.29, 0.717) is 18.5 Å². The number of hydrogen-bond acceptors (Lipinski definition) is 3. The van der Waals surface area contributed by atoms with Crippen LogP contribution in [-0.2, 0) is 4.79 Å². The Kier molecular flexibility index (Phi) is 6.85. The van der Waals surface area contributed by atoms with Gasteiger partial charge in [-0.15, -0.1) is 0 Å². The zero-order valence-corrected chi connectivity index (χ0v) is 13.8. The zero-order valence-electron chi connectivity index (χ0n) is 13.8. The number of likely N-dealkylation sites (N-methyl/N-ethyl adjacent to an activating group) is 1. The first-order chi connectivity index (χ1) is 9.84. The number of amides is 1. The van der Waals surface area contributed by atoms with E-state index < -0.39 is 0 Å². The van der Waals surface area contributed by atoms with Gasteiger partial charge < -0.3 is 16.0 Å². The number of nitrogens with one attached hydrogen (secondary N) is 1. The third kappa shape index (κ3) is 5.14. The molecule has 0 saturated heterocycles. The average Bonchev–Trinajstić information content (AvgIpc) is 2.45. The second-order valence-electron chi connectivity index (χ2n) is 6.25. The first-order valence-corrected chi connectivity index (χ1v) is 7.59. The number of nitrogens with zero attached hydrogens (tertiary/aromatic N) is 1. The van der Waals surface area contributed by atoms with Crippen LogP contribution in [0.5, 0.6) is 0 Å². The Labute approximate surface area is 128 Å². The lowest BCUT2D eigenvalue weighted by atomic mass is 9.94. The highest BCUT2D eigenvalue weighted by Gasteiger charge is 2.23. The fraction of sp³-hybridized carbons (Fsp3) is 0.588. The van der Waals surface area contributed by atoms with Crippen LogP contribution in [0, 0.1) is 11.8 Å². The standard InChI is InChI=1S/C17H29N3O/c1-12(2)15(20(4)5)11-19-17(21)13(3)16(18)14-9-7-6-8-10-14/h6-10,12-13,15-16H,11,18H2,1-5H3,(H,19,21). The molecule has 0 spiro atoms. The summed E-state index contributed by atoms with van der Waals surface area (Å²) in [6, 6.07) is 9.82. The summed E-state index contributed by atoms with van der Waals surface area (Å²) in [6.07, 6.45) is 0. The van der Waals surface area contributed by atoms with Crippen LogP contribution in [0.4, 0.5) is 0 Å². The van der Waals surface area contributed by atoms with Crippen molar-refractivity contribution in [3.05, 3.63) is 35.9 Å². The van der Waals surface area contributed by atoms with Gasteiger partial charge in [-0.1, -0.05) is 51.1 Å². The number of rotatable bonds is 7. The Balaban J connectivity index is 2.59. The van der Waals surface area contributed by atoms with Gasteiger partial charge in [-0.3, -0.25) is 4.79 Å². The van der Waals surface area contributed by atoms with Gasteiger partial charge in [-0.25, -0.2) is 0 Å². The molecule has 118 valence electrons. The topological polar surface area (TPSA) is 58.4 Å². The summed E-state index contributed by atoms with van der Waals surface area (Å²) < 4.78 is 0. The monoisotopic (exact) mass is 291 g/mol. The van der Waals surface area contributed by atoms with Gasteiger partial charge >= 0.3 is 0 Å². The number of hydrogen-bond donors (Lipinski definition) is 2. The molecule has 1 aromatic rings. The van der Waals surface area contributed by atoms with Gasteiger partial charge in [-0.2, -0.15) is 0 Å². The Hall–Kier alpha value is -1.39. The highest BCUT2D eigenvalue weighted by Crippen LogP contribution is 2.19. The molecule has 0 aliphatic heterocycles. The first kappa shape index (κ1) is 17.7. The van der Waals surface area contributed by atoms with Gasteiger partial charge in [0.1, 0.15) is 0 Å². The van der Waals surface area contributed by atoms with Gasteiger partial charge in [0.15, 0.2) is 0 Å². The number of benzene rings is 1. The molecule has 4 heteroatoms. The van der Waals surface area contributed by atoms with Crippen molar-refractivity contribution in [2.75, 3.05) is 20.6 Å². The fourth-order valence-electron chi connectivity index (χ4n) is 2.51. The quantitative estimate of drug-likeness (QED) is 0.808. The Bertz CT molecular complexity index is 423. The van der Waals surface area contributed by atoms with Gasteiger partial charge in [0.2, 0.25) is 5.91 Å². The summed E-state index contributed by atoms with van der Waals surface area (Å²) in [6.45, 7) is 6.86. The van der Waals surface area contributed by atoms with Gasteiger partial charge in [0.25, 0.3) is 0 Å². The largest absolute Gasteiger partial charge is 0.354 e. The summed E-state index contributed by atoms with van der Waals surface area (Å²) in [5, 5.41) is 3.04. The van der Waals surface area contributed by atoms with Gasteiger partial charge in [-0.05, 0) is 25.6 Å². The lowest BCUT2D eigenvalue weighted by Gasteiger charge is -2.29. The van der Waals surface area contributed by atoms with E-state index in [2.05, 4.69) is 24.1 Å². The highest BCUT2D eigenvalue weighted by molar-refractivity contribution is 5.79. The fourth-order valence-corrected chi connectivity index (χ4v) is 2.51. The molecule has 3 atom stereocenters. The van der Waals surface area contributed by atoms with E-state index >= 15 is 0 Å². The molecule has 1 rings (SSSR count). The van der Waals surface area contributed by atoms with E-state index in [1.165, 1.54) is 0 Å². The summed E-state index contributed by atoms with van der Waals surface area (Å²) in [7, 11) is 4.08. The Morgan fingerprint density at radius 1 is 1.19 bits per heavy atom. The normalized spacial score (nSPS) is 15.8. The summed E-state index contributed by atoms with van der Waals surface area (Å²) in [4.78, 5) is 14.4. The second-order valence-corrected chi connectivity index (χ2v) is 6.25. The number of nitrogens with two attached hydrogens (primary N) is 1. The lowest BCUT2D eigenvalue weighted by Crippen LogP contribution is -2.45. The smallest absolute Gasteiger partial charge is 0.224 e. The Morgan fingerprint density at radius 3 is 2.24 bits per heavy atom. The third-order valence-corrected chi connectivity index (χ3v) is 4.05. The minimum absolute atomic E-state index is 0.0128.